The number of hydrogen-bond donors (Lipinski definition) is 2. The van der Waals surface area contributed by atoms with Crippen molar-refractivity contribution >= 4 is 28.6 Å². The van der Waals surface area contributed by atoms with Crippen LogP contribution < -0.4 is 5.43 Å². The molecule has 2 aromatic rings. The second-order valence-electron chi connectivity index (χ2n) is 4.02. The molecule has 2 N–H and O–H groups in total. The fraction of sp³-hybridized carbons (Fsp3) is 0.0833. The van der Waals surface area contributed by atoms with Crippen LogP contribution in [0.3, 0.4) is 0 Å². The predicted molar refractivity (Wildman–Crippen MR) is 62.2 cm³/mol. The summed E-state index contributed by atoms with van der Waals surface area (Å²) in [5.41, 5.74) is 3.30. The molecule has 1 aromatic carbocycles. The standard InChI is InChI=1S/C12H9N3O3/c16-10-6-11(17)15(14-10)12(18)9-5-7-3-1-2-4-8(7)13-9/h1-5,13H,6H2,(H,14,16). The van der Waals surface area contributed by atoms with E-state index in [1.54, 1.807) is 6.07 Å². The number of aromatic amines is 1. The molecular formula is C12H9N3O3. The number of amides is 3. The summed E-state index contributed by atoms with van der Waals surface area (Å²) in [7, 11) is 0. The highest BCUT2D eigenvalue weighted by molar-refractivity contribution is 6.14. The molecule has 1 saturated heterocycles. The van der Waals surface area contributed by atoms with Crippen LogP contribution >= 0.6 is 0 Å². The Morgan fingerprint density at radius 2 is 2.00 bits per heavy atom. The Balaban J connectivity index is 1.97. The normalized spacial score (nSPS) is 15.2. The van der Waals surface area contributed by atoms with Gasteiger partial charge >= 0.3 is 0 Å². The van der Waals surface area contributed by atoms with E-state index >= 15 is 0 Å². The molecule has 6 heteroatoms. The van der Waals surface area contributed by atoms with Gasteiger partial charge in [0.05, 0.1) is 0 Å². The van der Waals surface area contributed by atoms with E-state index in [4.69, 9.17) is 0 Å². The van der Waals surface area contributed by atoms with Crippen LogP contribution in [0.25, 0.3) is 10.9 Å². The number of carbonyl (C=O) groups is 3. The van der Waals surface area contributed by atoms with Gasteiger partial charge in [-0.1, -0.05) is 18.2 Å². The first-order valence-electron chi connectivity index (χ1n) is 5.40. The van der Waals surface area contributed by atoms with Crippen LogP contribution in [-0.4, -0.2) is 27.7 Å². The monoisotopic (exact) mass is 243 g/mol. The van der Waals surface area contributed by atoms with E-state index in [0.29, 0.717) is 0 Å². The van der Waals surface area contributed by atoms with E-state index in [1.807, 2.05) is 24.3 Å². The van der Waals surface area contributed by atoms with Gasteiger partial charge in [-0.15, -0.1) is 0 Å². The molecule has 3 rings (SSSR count). The summed E-state index contributed by atoms with van der Waals surface area (Å²) in [6.45, 7) is 0. The highest BCUT2D eigenvalue weighted by atomic mass is 16.2. The Labute approximate surface area is 102 Å². The predicted octanol–water partition coefficient (Wildman–Crippen LogP) is 0.572. The largest absolute Gasteiger partial charge is 0.350 e. The van der Waals surface area contributed by atoms with Crippen LogP contribution in [0, 0.1) is 0 Å². The van der Waals surface area contributed by atoms with E-state index in [1.165, 1.54) is 0 Å². The zero-order valence-electron chi connectivity index (χ0n) is 9.27. The molecule has 0 spiro atoms. The maximum absolute atomic E-state index is 12.0. The summed E-state index contributed by atoms with van der Waals surface area (Å²) in [6, 6.07) is 9.03. The second kappa shape index (κ2) is 3.69. The summed E-state index contributed by atoms with van der Waals surface area (Å²) in [4.78, 5) is 37.4. The van der Waals surface area contributed by atoms with Crippen molar-refractivity contribution in [1.82, 2.24) is 15.4 Å². The molecule has 2 heterocycles. The third-order valence-corrected chi connectivity index (χ3v) is 2.76. The highest BCUT2D eigenvalue weighted by Crippen LogP contribution is 2.16. The molecule has 0 radical (unpaired) electrons. The zero-order chi connectivity index (χ0) is 12.7. The van der Waals surface area contributed by atoms with Crippen molar-refractivity contribution < 1.29 is 14.4 Å². The van der Waals surface area contributed by atoms with E-state index in [2.05, 4.69) is 10.4 Å². The van der Waals surface area contributed by atoms with E-state index in [-0.39, 0.29) is 12.1 Å². The molecule has 90 valence electrons. The van der Waals surface area contributed by atoms with Crippen molar-refractivity contribution in [3.05, 3.63) is 36.0 Å². The van der Waals surface area contributed by atoms with Crippen LogP contribution in [0.5, 0.6) is 0 Å². The lowest BCUT2D eigenvalue weighted by molar-refractivity contribution is -0.126. The lowest BCUT2D eigenvalue weighted by atomic mass is 10.2. The Morgan fingerprint density at radius 3 is 2.67 bits per heavy atom. The first kappa shape index (κ1) is 10.5. The third kappa shape index (κ3) is 1.55. The number of aromatic nitrogens is 1. The van der Waals surface area contributed by atoms with Gasteiger partial charge in [-0.2, -0.15) is 5.01 Å². The summed E-state index contributed by atoms with van der Waals surface area (Å²) in [5.74, 6) is -1.56. The average molecular weight is 243 g/mol. The number of rotatable bonds is 1. The fourth-order valence-corrected chi connectivity index (χ4v) is 1.92. The van der Waals surface area contributed by atoms with Gasteiger partial charge in [0.15, 0.2) is 0 Å². The van der Waals surface area contributed by atoms with Crippen LogP contribution in [0.1, 0.15) is 16.9 Å². The Morgan fingerprint density at radius 1 is 1.22 bits per heavy atom. The molecule has 1 aromatic heterocycles. The highest BCUT2D eigenvalue weighted by Gasteiger charge is 2.33. The smallest absolute Gasteiger partial charge is 0.295 e. The summed E-state index contributed by atoms with van der Waals surface area (Å²) in [6.07, 6.45) is -0.286. The summed E-state index contributed by atoms with van der Waals surface area (Å²) >= 11 is 0. The van der Waals surface area contributed by atoms with Crippen LogP contribution in [-0.2, 0) is 9.59 Å². The Bertz CT molecular complexity index is 641. The van der Waals surface area contributed by atoms with Crippen molar-refractivity contribution in [1.29, 1.82) is 0 Å². The number of nitrogens with zero attached hydrogens (tertiary/aromatic N) is 1. The Hall–Kier alpha value is -2.63. The van der Waals surface area contributed by atoms with Gasteiger partial charge in [0, 0.05) is 10.9 Å². The van der Waals surface area contributed by atoms with Gasteiger partial charge < -0.3 is 4.98 Å². The van der Waals surface area contributed by atoms with Gasteiger partial charge in [0.1, 0.15) is 12.1 Å². The molecule has 18 heavy (non-hydrogen) atoms. The SMILES string of the molecule is O=C1CC(=O)N(C(=O)c2cc3ccccc3[nH]2)N1. The zero-order valence-corrected chi connectivity index (χ0v) is 9.27. The Kier molecular flexibility index (Phi) is 2.16. The van der Waals surface area contributed by atoms with Crippen LogP contribution in [0.15, 0.2) is 30.3 Å². The van der Waals surface area contributed by atoms with Gasteiger partial charge in [0.2, 0.25) is 5.91 Å². The minimum Gasteiger partial charge on any atom is -0.350 e. The molecule has 3 amide bonds. The molecule has 0 atom stereocenters. The maximum atomic E-state index is 12.0. The molecule has 0 unspecified atom stereocenters. The third-order valence-electron chi connectivity index (χ3n) is 2.76. The summed E-state index contributed by atoms with van der Waals surface area (Å²) in [5, 5.41) is 1.62. The van der Waals surface area contributed by atoms with E-state index in [0.717, 1.165) is 15.9 Å². The van der Waals surface area contributed by atoms with E-state index < -0.39 is 17.7 Å². The second-order valence-corrected chi connectivity index (χ2v) is 4.02. The molecule has 1 aliphatic heterocycles. The lowest BCUT2D eigenvalue weighted by Crippen LogP contribution is -2.41. The number of benzene rings is 1. The van der Waals surface area contributed by atoms with Gasteiger partial charge in [-0.3, -0.25) is 19.8 Å². The minimum absolute atomic E-state index is 0.270. The minimum atomic E-state index is -0.554. The number of H-pyrrole nitrogens is 1. The van der Waals surface area contributed by atoms with Gasteiger partial charge in [-0.05, 0) is 12.1 Å². The summed E-state index contributed by atoms with van der Waals surface area (Å²) < 4.78 is 0. The number of hydrogen-bond acceptors (Lipinski definition) is 3. The number of carbonyl (C=O) groups excluding carboxylic acids is 3. The van der Waals surface area contributed by atoms with Gasteiger partial charge in [-0.25, -0.2) is 0 Å². The molecule has 6 nitrogen and oxygen atoms in total. The molecular weight excluding hydrogens is 234 g/mol. The number of nitrogens with one attached hydrogen (secondary N) is 2. The van der Waals surface area contributed by atoms with Gasteiger partial charge in [0.25, 0.3) is 11.8 Å². The first-order chi connectivity index (χ1) is 8.65. The van der Waals surface area contributed by atoms with Crippen molar-refractivity contribution in [3.63, 3.8) is 0 Å². The van der Waals surface area contributed by atoms with Crippen LogP contribution in [0.2, 0.25) is 0 Å². The van der Waals surface area contributed by atoms with Crippen molar-refractivity contribution in [2.45, 2.75) is 6.42 Å². The number of imide groups is 1. The first-order valence-corrected chi connectivity index (χ1v) is 5.40. The fourth-order valence-electron chi connectivity index (χ4n) is 1.92. The quantitative estimate of drug-likeness (QED) is 0.567. The lowest BCUT2D eigenvalue weighted by Gasteiger charge is -2.11. The topological polar surface area (TPSA) is 82.3 Å². The molecule has 1 fully saturated rings. The molecule has 0 bridgehead atoms. The average Bonchev–Trinajstić information content (AvgIpc) is 2.91. The molecule has 0 saturated carbocycles. The molecule has 0 aliphatic carbocycles. The van der Waals surface area contributed by atoms with Crippen LogP contribution in [0.4, 0.5) is 0 Å². The number of para-hydroxylation sites is 1. The van der Waals surface area contributed by atoms with Crippen molar-refractivity contribution in [2.24, 2.45) is 0 Å². The number of hydrazine groups is 1. The van der Waals surface area contributed by atoms with Crippen molar-refractivity contribution in [2.75, 3.05) is 0 Å². The number of fused-ring (bicyclic) bond motifs is 1. The van der Waals surface area contributed by atoms with Crippen molar-refractivity contribution in [3.8, 4) is 0 Å². The maximum Gasteiger partial charge on any atom is 0.295 e. The molecule has 1 aliphatic rings. The van der Waals surface area contributed by atoms with E-state index in [9.17, 15) is 14.4 Å².